The van der Waals surface area contributed by atoms with Gasteiger partial charge in [0.05, 0.1) is 18.6 Å². The van der Waals surface area contributed by atoms with Crippen molar-refractivity contribution in [2.75, 3.05) is 7.11 Å². The van der Waals surface area contributed by atoms with Gasteiger partial charge in [0.1, 0.15) is 6.61 Å². The third kappa shape index (κ3) is 4.98. The number of benzene rings is 3. The van der Waals surface area contributed by atoms with E-state index in [2.05, 4.69) is 0 Å². The Morgan fingerprint density at radius 2 is 1.55 bits per heavy atom. The quantitative estimate of drug-likeness (QED) is 0.462. The number of nitrogens with zero attached hydrogens (tertiary/aromatic N) is 1. The fourth-order valence-electron chi connectivity index (χ4n) is 3.18. The molecule has 2 amide bonds. The minimum atomic E-state index is -0.290. The average Bonchev–Trinajstić information content (AvgIpc) is 3.06. The molecule has 5 nitrogen and oxygen atoms in total. The predicted molar refractivity (Wildman–Crippen MR) is 122 cm³/mol. The molecule has 0 bridgehead atoms. The van der Waals surface area contributed by atoms with E-state index in [-0.39, 0.29) is 17.7 Å². The Balaban J connectivity index is 1.49. The van der Waals surface area contributed by atoms with Crippen LogP contribution in [0.5, 0.6) is 11.5 Å². The molecule has 3 aromatic rings. The summed E-state index contributed by atoms with van der Waals surface area (Å²) < 4.78 is 11.3. The van der Waals surface area contributed by atoms with Crippen LogP contribution >= 0.6 is 11.8 Å². The molecule has 0 aliphatic carbocycles. The SMILES string of the molecule is COc1cc(/C=C2\SC(=O)N(Cc3ccccc3)C2=O)ccc1OCc1ccccc1. The molecule has 1 aliphatic rings. The van der Waals surface area contributed by atoms with Crippen molar-refractivity contribution in [3.05, 3.63) is 100 Å². The van der Waals surface area contributed by atoms with Crippen molar-refractivity contribution in [3.8, 4) is 11.5 Å². The number of thioether (sulfide) groups is 1. The molecular weight excluding hydrogens is 410 g/mol. The summed E-state index contributed by atoms with van der Waals surface area (Å²) >= 11 is 0.948. The largest absolute Gasteiger partial charge is 0.493 e. The van der Waals surface area contributed by atoms with E-state index in [0.717, 1.165) is 28.5 Å². The topological polar surface area (TPSA) is 55.8 Å². The number of hydrogen-bond acceptors (Lipinski definition) is 5. The van der Waals surface area contributed by atoms with Gasteiger partial charge in [-0.05, 0) is 46.7 Å². The summed E-state index contributed by atoms with van der Waals surface area (Å²) in [7, 11) is 1.57. The first-order valence-electron chi connectivity index (χ1n) is 9.78. The highest BCUT2D eigenvalue weighted by Crippen LogP contribution is 2.35. The minimum Gasteiger partial charge on any atom is -0.493 e. The third-order valence-electron chi connectivity index (χ3n) is 4.78. The van der Waals surface area contributed by atoms with E-state index in [0.29, 0.717) is 23.0 Å². The lowest BCUT2D eigenvalue weighted by molar-refractivity contribution is -0.123. The molecule has 31 heavy (non-hydrogen) atoms. The normalized spacial score (nSPS) is 14.9. The maximum absolute atomic E-state index is 12.8. The number of ether oxygens (including phenoxy) is 2. The van der Waals surface area contributed by atoms with Gasteiger partial charge in [-0.25, -0.2) is 0 Å². The molecule has 1 saturated heterocycles. The van der Waals surface area contributed by atoms with Gasteiger partial charge in [0.2, 0.25) is 0 Å². The summed E-state index contributed by atoms with van der Waals surface area (Å²) in [6.07, 6.45) is 1.71. The molecule has 4 rings (SSSR count). The lowest BCUT2D eigenvalue weighted by atomic mass is 10.1. The van der Waals surface area contributed by atoms with Gasteiger partial charge in [-0.15, -0.1) is 0 Å². The van der Waals surface area contributed by atoms with Crippen molar-refractivity contribution in [2.24, 2.45) is 0 Å². The Kier molecular flexibility index (Phi) is 6.38. The number of rotatable bonds is 7. The molecule has 0 unspecified atom stereocenters. The monoisotopic (exact) mass is 431 g/mol. The Morgan fingerprint density at radius 3 is 2.23 bits per heavy atom. The molecule has 1 heterocycles. The standard InChI is InChI=1S/C25H21NO4S/c1-29-22-14-20(12-13-21(22)30-17-19-10-6-3-7-11-19)15-23-24(27)26(25(28)31-23)16-18-8-4-2-5-9-18/h2-15H,16-17H2,1H3/b23-15-. The maximum Gasteiger partial charge on any atom is 0.293 e. The van der Waals surface area contributed by atoms with Gasteiger partial charge in [-0.1, -0.05) is 66.7 Å². The second-order valence-corrected chi connectivity index (χ2v) is 7.93. The lowest BCUT2D eigenvalue weighted by Gasteiger charge is -2.12. The van der Waals surface area contributed by atoms with E-state index in [1.807, 2.05) is 72.8 Å². The molecular formula is C25H21NO4S. The number of methoxy groups -OCH3 is 1. The van der Waals surface area contributed by atoms with Crippen LogP contribution in [0.4, 0.5) is 4.79 Å². The first-order valence-corrected chi connectivity index (χ1v) is 10.6. The summed E-state index contributed by atoms with van der Waals surface area (Å²) in [6, 6.07) is 24.8. The van der Waals surface area contributed by atoms with Crippen LogP contribution in [0, 0.1) is 0 Å². The molecule has 0 atom stereocenters. The Bertz CT molecular complexity index is 1110. The zero-order valence-corrected chi connectivity index (χ0v) is 17.8. The van der Waals surface area contributed by atoms with E-state index in [1.165, 1.54) is 4.90 Å². The van der Waals surface area contributed by atoms with Crippen LogP contribution in [0.2, 0.25) is 0 Å². The first-order chi connectivity index (χ1) is 15.1. The third-order valence-corrected chi connectivity index (χ3v) is 5.69. The zero-order valence-electron chi connectivity index (χ0n) is 17.0. The summed E-state index contributed by atoms with van der Waals surface area (Å²) in [6.45, 7) is 0.688. The van der Waals surface area contributed by atoms with Crippen molar-refractivity contribution in [2.45, 2.75) is 13.2 Å². The van der Waals surface area contributed by atoms with Crippen LogP contribution < -0.4 is 9.47 Å². The summed E-state index contributed by atoms with van der Waals surface area (Å²) in [4.78, 5) is 26.8. The van der Waals surface area contributed by atoms with Gasteiger partial charge in [0, 0.05) is 0 Å². The van der Waals surface area contributed by atoms with Crippen molar-refractivity contribution in [1.82, 2.24) is 4.90 Å². The Hall–Kier alpha value is -3.51. The molecule has 0 N–H and O–H groups in total. The van der Waals surface area contributed by atoms with Gasteiger partial charge in [0.15, 0.2) is 11.5 Å². The fourth-order valence-corrected chi connectivity index (χ4v) is 4.02. The fraction of sp³-hybridized carbons (Fsp3) is 0.120. The molecule has 1 aliphatic heterocycles. The highest BCUT2D eigenvalue weighted by atomic mass is 32.2. The molecule has 156 valence electrons. The number of carbonyl (C=O) groups is 2. The maximum atomic E-state index is 12.8. The molecule has 0 saturated carbocycles. The van der Waals surface area contributed by atoms with E-state index in [4.69, 9.17) is 9.47 Å². The Labute approximate surface area is 185 Å². The lowest BCUT2D eigenvalue weighted by Crippen LogP contribution is -2.27. The van der Waals surface area contributed by atoms with Crippen molar-refractivity contribution in [1.29, 1.82) is 0 Å². The molecule has 0 aromatic heterocycles. The zero-order chi connectivity index (χ0) is 21.6. The van der Waals surface area contributed by atoms with E-state index in [9.17, 15) is 9.59 Å². The van der Waals surface area contributed by atoms with Crippen LogP contribution in [0.1, 0.15) is 16.7 Å². The summed E-state index contributed by atoms with van der Waals surface area (Å²) in [5.41, 5.74) is 2.72. The van der Waals surface area contributed by atoms with Gasteiger partial charge >= 0.3 is 0 Å². The van der Waals surface area contributed by atoms with Crippen LogP contribution in [0.25, 0.3) is 6.08 Å². The minimum absolute atomic E-state index is 0.262. The predicted octanol–water partition coefficient (Wildman–Crippen LogP) is 5.51. The number of amides is 2. The van der Waals surface area contributed by atoms with Crippen molar-refractivity contribution >= 4 is 29.0 Å². The van der Waals surface area contributed by atoms with Crippen LogP contribution in [-0.2, 0) is 17.9 Å². The van der Waals surface area contributed by atoms with Crippen molar-refractivity contribution < 1.29 is 19.1 Å². The van der Waals surface area contributed by atoms with Gasteiger partial charge < -0.3 is 9.47 Å². The van der Waals surface area contributed by atoms with Crippen molar-refractivity contribution in [3.63, 3.8) is 0 Å². The number of imide groups is 1. The van der Waals surface area contributed by atoms with E-state index in [1.54, 1.807) is 19.3 Å². The summed E-state index contributed by atoms with van der Waals surface area (Å²) in [5, 5.41) is -0.269. The van der Waals surface area contributed by atoms with E-state index < -0.39 is 0 Å². The molecule has 0 spiro atoms. The Morgan fingerprint density at radius 1 is 0.871 bits per heavy atom. The average molecular weight is 432 g/mol. The molecule has 6 heteroatoms. The van der Waals surface area contributed by atoms with Crippen LogP contribution in [-0.4, -0.2) is 23.2 Å². The summed E-state index contributed by atoms with van der Waals surface area (Å²) in [5.74, 6) is 0.885. The van der Waals surface area contributed by atoms with E-state index >= 15 is 0 Å². The highest BCUT2D eigenvalue weighted by Gasteiger charge is 2.34. The number of hydrogen-bond donors (Lipinski definition) is 0. The second-order valence-electron chi connectivity index (χ2n) is 6.94. The van der Waals surface area contributed by atoms with Crippen LogP contribution in [0.3, 0.4) is 0 Å². The second kappa shape index (κ2) is 9.53. The highest BCUT2D eigenvalue weighted by molar-refractivity contribution is 8.18. The molecule has 3 aromatic carbocycles. The molecule has 0 radical (unpaired) electrons. The van der Waals surface area contributed by atoms with Crippen LogP contribution in [0.15, 0.2) is 83.8 Å². The van der Waals surface area contributed by atoms with Gasteiger partial charge in [0.25, 0.3) is 11.1 Å². The first kappa shape index (κ1) is 20.8. The smallest absolute Gasteiger partial charge is 0.293 e. The molecule has 1 fully saturated rings. The van der Waals surface area contributed by atoms with Gasteiger partial charge in [-0.2, -0.15) is 0 Å². The van der Waals surface area contributed by atoms with Gasteiger partial charge in [-0.3, -0.25) is 14.5 Å². The number of carbonyl (C=O) groups excluding carboxylic acids is 2.